The van der Waals surface area contributed by atoms with E-state index in [1.54, 1.807) is 6.92 Å². The van der Waals surface area contributed by atoms with Gasteiger partial charge >= 0.3 is 0 Å². The molecular weight excluding hydrogens is 180 g/mol. The lowest BCUT2D eigenvalue weighted by Crippen LogP contribution is -1.79. The number of fused-ring (bicyclic) bond motifs is 1. The number of nitrogens with zero attached hydrogens (tertiary/aromatic N) is 1. The summed E-state index contributed by atoms with van der Waals surface area (Å²) in [6.45, 7) is 1.73. The van der Waals surface area contributed by atoms with Crippen molar-refractivity contribution in [3.8, 4) is 0 Å². The summed E-state index contributed by atoms with van der Waals surface area (Å²) >= 11 is 1.06. The van der Waals surface area contributed by atoms with Crippen molar-refractivity contribution in [3.63, 3.8) is 0 Å². The van der Waals surface area contributed by atoms with E-state index in [2.05, 4.69) is 4.37 Å². The molecular formula is C8H5F2NS. The predicted octanol–water partition coefficient (Wildman–Crippen LogP) is 2.88. The van der Waals surface area contributed by atoms with Crippen LogP contribution in [0.1, 0.15) is 5.69 Å². The van der Waals surface area contributed by atoms with Gasteiger partial charge < -0.3 is 0 Å². The normalized spacial score (nSPS) is 10.9. The molecule has 0 atom stereocenters. The molecule has 2 rings (SSSR count). The Kier molecular flexibility index (Phi) is 1.58. The topological polar surface area (TPSA) is 12.9 Å². The summed E-state index contributed by atoms with van der Waals surface area (Å²) in [6, 6.07) is 2.18. The largest absolute Gasteiger partial charge is 0.207 e. The molecule has 0 amide bonds. The number of aryl methyl sites for hydroxylation is 1. The van der Waals surface area contributed by atoms with Crippen LogP contribution in [0.25, 0.3) is 10.1 Å². The molecule has 0 aliphatic heterocycles. The first-order chi connectivity index (χ1) is 5.68. The van der Waals surface area contributed by atoms with Crippen LogP contribution in [0.5, 0.6) is 0 Å². The summed E-state index contributed by atoms with van der Waals surface area (Å²) in [5.41, 5.74) is 0.674. The Morgan fingerprint density at radius 1 is 1.33 bits per heavy atom. The lowest BCUT2D eigenvalue weighted by atomic mass is 10.2. The second-order valence-corrected chi connectivity index (χ2v) is 3.31. The molecule has 0 unspecified atom stereocenters. The molecule has 1 aromatic heterocycles. The van der Waals surface area contributed by atoms with Gasteiger partial charge in [0.15, 0.2) is 0 Å². The van der Waals surface area contributed by atoms with Gasteiger partial charge in [0.1, 0.15) is 11.6 Å². The van der Waals surface area contributed by atoms with Crippen molar-refractivity contribution in [2.24, 2.45) is 0 Å². The molecule has 0 N–H and O–H groups in total. The Hall–Kier alpha value is -1.03. The van der Waals surface area contributed by atoms with Crippen LogP contribution in [0.4, 0.5) is 8.78 Å². The quantitative estimate of drug-likeness (QED) is 0.615. The van der Waals surface area contributed by atoms with Crippen LogP contribution < -0.4 is 0 Å². The second-order valence-electron chi connectivity index (χ2n) is 2.53. The van der Waals surface area contributed by atoms with Gasteiger partial charge in [0.25, 0.3) is 0 Å². The van der Waals surface area contributed by atoms with Crippen LogP contribution in [0, 0.1) is 18.6 Å². The highest BCUT2D eigenvalue weighted by Crippen LogP contribution is 2.25. The predicted molar refractivity (Wildman–Crippen MR) is 44.3 cm³/mol. The fraction of sp³-hybridized carbons (Fsp3) is 0.125. The first-order valence-corrected chi connectivity index (χ1v) is 4.17. The van der Waals surface area contributed by atoms with Crippen LogP contribution in [0.15, 0.2) is 12.1 Å². The molecule has 0 bridgehead atoms. The zero-order chi connectivity index (χ0) is 8.72. The minimum atomic E-state index is -0.552. The Morgan fingerprint density at radius 3 is 2.83 bits per heavy atom. The van der Waals surface area contributed by atoms with Crippen molar-refractivity contribution in [3.05, 3.63) is 29.5 Å². The molecule has 2 aromatic rings. The van der Waals surface area contributed by atoms with Gasteiger partial charge in [-0.15, -0.1) is 0 Å². The van der Waals surface area contributed by atoms with Crippen molar-refractivity contribution in [1.82, 2.24) is 4.37 Å². The van der Waals surface area contributed by atoms with Crippen molar-refractivity contribution in [2.75, 3.05) is 0 Å². The highest BCUT2D eigenvalue weighted by molar-refractivity contribution is 7.13. The lowest BCUT2D eigenvalue weighted by molar-refractivity contribution is 0.593. The van der Waals surface area contributed by atoms with E-state index in [1.165, 1.54) is 6.07 Å². The van der Waals surface area contributed by atoms with Gasteiger partial charge in [-0.3, -0.25) is 0 Å². The van der Waals surface area contributed by atoms with E-state index in [0.29, 0.717) is 15.8 Å². The van der Waals surface area contributed by atoms with E-state index in [-0.39, 0.29) is 0 Å². The second kappa shape index (κ2) is 2.48. The molecule has 0 aliphatic rings. The molecule has 0 spiro atoms. The van der Waals surface area contributed by atoms with E-state index in [1.807, 2.05) is 0 Å². The first kappa shape index (κ1) is 7.61. The van der Waals surface area contributed by atoms with Crippen molar-refractivity contribution >= 4 is 21.6 Å². The first-order valence-electron chi connectivity index (χ1n) is 3.39. The molecule has 4 heteroatoms. The highest BCUT2D eigenvalue weighted by Gasteiger charge is 2.08. The number of aromatic nitrogens is 1. The Balaban J connectivity index is 2.92. The highest BCUT2D eigenvalue weighted by atomic mass is 32.1. The van der Waals surface area contributed by atoms with Crippen molar-refractivity contribution in [2.45, 2.75) is 6.92 Å². The minimum absolute atomic E-state index is 0.425. The summed E-state index contributed by atoms with van der Waals surface area (Å²) in [4.78, 5) is 0. The molecule has 1 nitrogen and oxygen atoms in total. The summed E-state index contributed by atoms with van der Waals surface area (Å²) in [5.74, 6) is -1.08. The number of benzene rings is 1. The van der Waals surface area contributed by atoms with Gasteiger partial charge in [-0.05, 0) is 24.5 Å². The zero-order valence-electron chi connectivity index (χ0n) is 6.27. The van der Waals surface area contributed by atoms with E-state index in [0.717, 1.165) is 17.6 Å². The summed E-state index contributed by atoms with van der Waals surface area (Å²) < 4.78 is 30.0. The minimum Gasteiger partial charge on any atom is -0.207 e. The van der Waals surface area contributed by atoms with Crippen LogP contribution in [0.2, 0.25) is 0 Å². The van der Waals surface area contributed by atoms with E-state index in [4.69, 9.17) is 0 Å². The summed E-state index contributed by atoms with van der Waals surface area (Å²) in [5, 5.41) is 0.567. The third-order valence-electron chi connectivity index (χ3n) is 1.67. The molecule has 62 valence electrons. The maximum atomic E-state index is 13.0. The third kappa shape index (κ3) is 0.992. The number of halogens is 2. The lowest BCUT2D eigenvalue weighted by Gasteiger charge is -1.92. The monoisotopic (exact) mass is 185 g/mol. The maximum Gasteiger partial charge on any atom is 0.145 e. The van der Waals surface area contributed by atoms with Gasteiger partial charge in [0.2, 0.25) is 0 Å². The molecule has 0 aliphatic carbocycles. The summed E-state index contributed by atoms with van der Waals surface area (Å²) in [6.07, 6.45) is 0. The standard InChI is InChI=1S/C8H5F2NS/c1-4-6-2-5(9)3-7(10)8(6)12-11-4/h2-3H,1H3. The van der Waals surface area contributed by atoms with Crippen molar-refractivity contribution in [1.29, 1.82) is 0 Å². The Morgan fingerprint density at radius 2 is 2.08 bits per heavy atom. The Bertz CT molecular complexity index is 436. The van der Waals surface area contributed by atoms with Gasteiger partial charge in [0, 0.05) is 11.5 Å². The average Bonchev–Trinajstić information content (AvgIpc) is 2.33. The van der Waals surface area contributed by atoms with Gasteiger partial charge in [-0.2, -0.15) is 4.37 Å². The van der Waals surface area contributed by atoms with Crippen molar-refractivity contribution < 1.29 is 8.78 Å². The number of hydrogen-bond donors (Lipinski definition) is 0. The van der Waals surface area contributed by atoms with E-state index >= 15 is 0 Å². The van der Waals surface area contributed by atoms with E-state index in [9.17, 15) is 8.78 Å². The molecule has 12 heavy (non-hydrogen) atoms. The Labute approximate surface area is 71.8 Å². The number of rotatable bonds is 0. The molecule has 0 radical (unpaired) electrons. The maximum absolute atomic E-state index is 13.0. The zero-order valence-corrected chi connectivity index (χ0v) is 7.08. The fourth-order valence-corrected chi connectivity index (χ4v) is 1.86. The van der Waals surface area contributed by atoms with Crippen LogP contribution in [-0.4, -0.2) is 4.37 Å². The molecule has 1 aromatic carbocycles. The van der Waals surface area contributed by atoms with Crippen LogP contribution in [-0.2, 0) is 0 Å². The smallest absolute Gasteiger partial charge is 0.145 e. The fourth-order valence-electron chi connectivity index (χ4n) is 1.09. The summed E-state index contributed by atoms with van der Waals surface area (Å²) in [7, 11) is 0. The SMILES string of the molecule is Cc1nsc2c(F)cc(F)cc12. The number of hydrogen-bond acceptors (Lipinski definition) is 2. The van der Waals surface area contributed by atoms with Gasteiger partial charge in [0.05, 0.1) is 10.4 Å². The van der Waals surface area contributed by atoms with Crippen LogP contribution in [0.3, 0.4) is 0 Å². The molecule has 0 saturated carbocycles. The molecule has 0 saturated heterocycles. The van der Waals surface area contributed by atoms with E-state index < -0.39 is 11.6 Å². The van der Waals surface area contributed by atoms with Gasteiger partial charge in [-0.1, -0.05) is 0 Å². The molecule has 1 heterocycles. The third-order valence-corrected chi connectivity index (χ3v) is 2.63. The van der Waals surface area contributed by atoms with Gasteiger partial charge in [-0.25, -0.2) is 8.78 Å². The van der Waals surface area contributed by atoms with Crippen LogP contribution >= 0.6 is 11.5 Å². The molecule has 0 fully saturated rings. The average molecular weight is 185 g/mol.